The predicted molar refractivity (Wildman–Crippen MR) is 125 cm³/mol. The van der Waals surface area contributed by atoms with Gasteiger partial charge in [-0.15, -0.1) is 0 Å². The van der Waals surface area contributed by atoms with E-state index in [4.69, 9.17) is 0 Å². The minimum Gasteiger partial charge on any atom is -0.318 e. The Bertz CT molecular complexity index is 1240. The lowest BCUT2D eigenvalue weighted by molar-refractivity contribution is 0.194. The summed E-state index contributed by atoms with van der Waals surface area (Å²) in [5.74, 6) is 0. The Morgan fingerprint density at radius 1 is 0.871 bits per heavy atom. The van der Waals surface area contributed by atoms with Crippen molar-refractivity contribution in [2.45, 2.75) is 26.4 Å². The van der Waals surface area contributed by atoms with Crippen LogP contribution in [0.1, 0.15) is 34.0 Å². The number of hydrogen-bond acceptors (Lipinski definition) is 1. The number of carbonyl (C=O) groups excluding carboxylic acids is 1. The minimum absolute atomic E-state index is 0.111. The van der Waals surface area contributed by atoms with Gasteiger partial charge in [0.15, 0.2) is 0 Å². The van der Waals surface area contributed by atoms with Crippen molar-refractivity contribution in [3.63, 3.8) is 0 Å². The lowest BCUT2D eigenvalue weighted by Crippen LogP contribution is -2.37. The fourth-order valence-corrected chi connectivity index (χ4v) is 4.36. The highest BCUT2D eigenvalue weighted by molar-refractivity contribution is 5.90. The molecule has 4 heteroatoms. The normalized spacial score (nSPS) is 15.0. The zero-order valence-corrected chi connectivity index (χ0v) is 17.7. The van der Waals surface area contributed by atoms with Crippen molar-refractivity contribution in [1.82, 2.24) is 9.47 Å². The molecule has 0 aliphatic carbocycles. The number of rotatable bonds is 2. The Hall–Kier alpha value is -3.79. The van der Waals surface area contributed by atoms with E-state index in [-0.39, 0.29) is 12.1 Å². The molecule has 3 aromatic carbocycles. The summed E-state index contributed by atoms with van der Waals surface area (Å²) >= 11 is 0. The number of urea groups is 1. The van der Waals surface area contributed by atoms with Gasteiger partial charge < -0.3 is 14.8 Å². The van der Waals surface area contributed by atoms with Crippen LogP contribution in [0.25, 0.3) is 5.69 Å². The predicted octanol–water partition coefficient (Wildman–Crippen LogP) is 6.23. The number of anilines is 1. The third-order valence-electron chi connectivity index (χ3n) is 5.89. The van der Waals surface area contributed by atoms with Crippen molar-refractivity contribution in [3.8, 4) is 5.69 Å². The van der Waals surface area contributed by atoms with Crippen LogP contribution in [0.4, 0.5) is 10.5 Å². The Kier molecular flexibility index (Phi) is 4.83. The molecule has 1 aliphatic rings. The number of aromatic nitrogens is 1. The summed E-state index contributed by atoms with van der Waals surface area (Å²) in [6, 6.07) is 28.5. The first-order valence-corrected chi connectivity index (χ1v) is 10.6. The fraction of sp³-hybridized carbons (Fsp3) is 0.148. The number of benzene rings is 3. The zero-order chi connectivity index (χ0) is 21.4. The van der Waals surface area contributed by atoms with Gasteiger partial charge in [-0.3, -0.25) is 0 Å². The molecule has 0 fully saturated rings. The second kappa shape index (κ2) is 7.80. The molecule has 0 bridgehead atoms. The highest BCUT2D eigenvalue weighted by Crippen LogP contribution is 2.37. The van der Waals surface area contributed by atoms with E-state index in [9.17, 15) is 4.79 Å². The van der Waals surface area contributed by atoms with Crippen LogP contribution in [0.2, 0.25) is 0 Å². The number of nitrogens with zero attached hydrogens (tertiary/aromatic N) is 2. The first-order chi connectivity index (χ1) is 15.1. The summed E-state index contributed by atoms with van der Waals surface area (Å²) in [6.07, 6.45) is 2.08. The van der Waals surface area contributed by atoms with Gasteiger partial charge in [0, 0.05) is 17.6 Å². The molecule has 0 saturated carbocycles. The molecule has 5 rings (SSSR count). The molecule has 2 amide bonds. The van der Waals surface area contributed by atoms with Gasteiger partial charge in [-0.05, 0) is 55.3 Å². The number of nitrogens with one attached hydrogen (secondary N) is 1. The van der Waals surface area contributed by atoms with E-state index in [1.807, 2.05) is 48.2 Å². The second-order valence-corrected chi connectivity index (χ2v) is 8.17. The van der Waals surface area contributed by atoms with Gasteiger partial charge in [-0.2, -0.15) is 0 Å². The molecule has 4 nitrogen and oxygen atoms in total. The monoisotopic (exact) mass is 407 g/mol. The highest BCUT2D eigenvalue weighted by Gasteiger charge is 2.33. The quantitative estimate of drug-likeness (QED) is 0.420. The van der Waals surface area contributed by atoms with Gasteiger partial charge in [-0.25, -0.2) is 4.79 Å². The molecule has 1 N–H and O–H groups in total. The van der Waals surface area contributed by atoms with Crippen molar-refractivity contribution >= 4 is 11.7 Å². The standard InChI is InChI=1S/C27H25N3O/c1-19-12-14-23(15-13-19)28-27(31)30-18-22-8-3-4-10-24(22)29-16-6-11-25(29)26(30)21-9-5-7-20(2)17-21/h3-17,26H,18H2,1-2H3,(H,28,31)/t26-/m0/s1. The van der Waals surface area contributed by atoms with Gasteiger partial charge in [0.05, 0.1) is 18.3 Å². The van der Waals surface area contributed by atoms with E-state index in [1.165, 1.54) is 5.56 Å². The number of amides is 2. The van der Waals surface area contributed by atoms with Gasteiger partial charge in [0.25, 0.3) is 0 Å². The third kappa shape index (κ3) is 3.61. The molecule has 2 heterocycles. The summed E-state index contributed by atoms with van der Waals surface area (Å²) < 4.78 is 2.21. The first-order valence-electron chi connectivity index (χ1n) is 10.6. The topological polar surface area (TPSA) is 37.3 Å². The average Bonchev–Trinajstić information content (AvgIpc) is 3.19. The fourth-order valence-electron chi connectivity index (χ4n) is 4.36. The Balaban J connectivity index is 1.63. The highest BCUT2D eigenvalue weighted by atomic mass is 16.2. The molecule has 0 saturated heterocycles. The van der Waals surface area contributed by atoms with Gasteiger partial charge >= 0.3 is 6.03 Å². The SMILES string of the molecule is Cc1ccc(NC(=O)N2Cc3ccccc3-n3cccc3[C@@H]2c2cccc(C)c2)cc1. The first kappa shape index (κ1) is 19.2. The molecule has 154 valence electrons. The maximum Gasteiger partial charge on any atom is 0.322 e. The summed E-state index contributed by atoms with van der Waals surface area (Å²) in [5.41, 5.74) is 7.56. The Morgan fingerprint density at radius 2 is 1.68 bits per heavy atom. The number of para-hydroxylation sites is 1. The molecule has 0 unspecified atom stereocenters. The van der Waals surface area contributed by atoms with Crippen LogP contribution in [0.5, 0.6) is 0 Å². The van der Waals surface area contributed by atoms with E-state index in [0.29, 0.717) is 6.54 Å². The van der Waals surface area contributed by atoms with E-state index < -0.39 is 0 Å². The van der Waals surface area contributed by atoms with Crippen LogP contribution in [0.3, 0.4) is 0 Å². The molecule has 1 aromatic heterocycles. The van der Waals surface area contributed by atoms with Gasteiger partial charge in [0.2, 0.25) is 0 Å². The van der Waals surface area contributed by atoms with E-state index in [2.05, 4.69) is 71.5 Å². The zero-order valence-electron chi connectivity index (χ0n) is 17.7. The van der Waals surface area contributed by atoms with Crippen molar-refractivity contribution in [3.05, 3.63) is 119 Å². The van der Waals surface area contributed by atoms with Crippen LogP contribution >= 0.6 is 0 Å². The molecule has 1 atom stereocenters. The Morgan fingerprint density at radius 3 is 2.48 bits per heavy atom. The maximum absolute atomic E-state index is 13.6. The summed E-state index contributed by atoms with van der Waals surface area (Å²) in [6.45, 7) is 4.65. The summed E-state index contributed by atoms with van der Waals surface area (Å²) in [5, 5.41) is 3.11. The lowest BCUT2D eigenvalue weighted by Gasteiger charge is -2.31. The Labute approximate surface area is 182 Å². The number of aryl methyl sites for hydroxylation is 2. The smallest absolute Gasteiger partial charge is 0.318 e. The lowest BCUT2D eigenvalue weighted by atomic mass is 10.00. The van der Waals surface area contributed by atoms with Crippen molar-refractivity contribution < 1.29 is 4.79 Å². The molecule has 1 aliphatic heterocycles. The summed E-state index contributed by atoms with van der Waals surface area (Å²) in [7, 11) is 0. The molecule has 4 aromatic rings. The van der Waals surface area contributed by atoms with E-state index >= 15 is 0 Å². The largest absolute Gasteiger partial charge is 0.322 e. The second-order valence-electron chi connectivity index (χ2n) is 8.17. The van der Waals surface area contributed by atoms with Crippen molar-refractivity contribution in [2.24, 2.45) is 0 Å². The number of hydrogen-bond donors (Lipinski definition) is 1. The molecule has 31 heavy (non-hydrogen) atoms. The van der Waals surface area contributed by atoms with Gasteiger partial charge in [0.1, 0.15) is 0 Å². The minimum atomic E-state index is -0.201. The van der Waals surface area contributed by atoms with Gasteiger partial charge in [-0.1, -0.05) is 65.7 Å². The summed E-state index contributed by atoms with van der Waals surface area (Å²) in [4.78, 5) is 15.6. The maximum atomic E-state index is 13.6. The molecule has 0 radical (unpaired) electrons. The molecular formula is C27H25N3O. The third-order valence-corrected chi connectivity index (χ3v) is 5.89. The van der Waals surface area contributed by atoms with Crippen LogP contribution in [0.15, 0.2) is 91.1 Å². The van der Waals surface area contributed by atoms with Crippen molar-refractivity contribution in [2.75, 3.05) is 5.32 Å². The van der Waals surface area contributed by atoms with Crippen LogP contribution in [-0.4, -0.2) is 15.5 Å². The van der Waals surface area contributed by atoms with E-state index in [0.717, 1.165) is 33.8 Å². The number of fused-ring (bicyclic) bond motifs is 3. The molecule has 0 spiro atoms. The van der Waals surface area contributed by atoms with Crippen molar-refractivity contribution in [1.29, 1.82) is 0 Å². The number of carbonyl (C=O) groups is 1. The van der Waals surface area contributed by atoms with Crippen LogP contribution < -0.4 is 5.32 Å². The average molecular weight is 408 g/mol. The molecular weight excluding hydrogens is 382 g/mol. The van der Waals surface area contributed by atoms with Crippen LogP contribution in [-0.2, 0) is 6.54 Å². The van der Waals surface area contributed by atoms with E-state index in [1.54, 1.807) is 0 Å². The van der Waals surface area contributed by atoms with Crippen LogP contribution in [0, 0.1) is 13.8 Å².